The average molecular weight is 288 g/mol. The molecule has 1 amide bonds. The maximum atomic E-state index is 12.5. The summed E-state index contributed by atoms with van der Waals surface area (Å²) in [7, 11) is 0. The predicted molar refractivity (Wildman–Crippen MR) is 81.1 cm³/mol. The van der Waals surface area contributed by atoms with Gasteiger partial charge < -0.3 is 15.4 Å². The standard InChI is InChI=1S/C15H20N4O2/c1-2-6-16-14-9-21-8-11(14)15(20)18-12-4-3-5-13-10(12)7-17-19-13/h3-5,7,11,14,16H,2,6,8-9H2,1H3,(H,17,19)(H,18,20). The highest BCUT2D eigenvalue weighted by Gasteiger charge is 2.33. The fourth-order valence-electron chi connectivity index (χ4n) is 2.65. The van der Waals surface area contributed by atoms with E-state index in [2.05, 4.69) is 27.8 Å². The highest BCUT2D eigenvalue weighted by atomic mass is 16.5. The molecular formula is C15H20N4O2. The van der Waals surface area contributed by atoms with E-state index >= 15 is 0 Å². The molecule has 2 unspecified atom stereocenters. The number of rotatable bonds is 5. The number of amides is 1. The van der Waals surface area contributed by atoms with Crippen molar-refractivity contribution < 1.29 is 9.53 Å². The fraction of sp³-hybridized carbons (Fsp3) is 0.467. The van der Waals surface area contributed by atoms with Gasteiger partial charge in [0.25, 0.3) is 0 Å². The lowest BCUT2D eigenvalue weighted by molar-refractivity contribution is -0.120. The number of ether oxygens (including phenoxy) is 1. The summed E-state index contributed by atoms with van der Waals surface area (Å²) in [4.78, 5) is 12.5. The molecule has 3 rings (SSSR count). The zero-order valence-electron chi connectivity index (χ0n) is 12.1. The zero-order chi connectivity index (χ0) is 14.7. The average Bonchev–Trinajstić information content (AvgIpc) is 3.14. The maximum Gasteiger partial charge on any atom is 0.231 e. The fourth-order valence-corrected chi connectivity index (χ4v) is 2.65. The summed E-state index contributed by atoms with van der Waals surface area (Å²) in [6.07, 6.45) is 2.77. The Kier molecular flexibility index (Phi) is 4.17. The van der Waals surface area contributed by atoms with E-state index < -0.39 is 0 Å². The van der Waals surface area contributed by atoms with E-state index in [1.54, 1.807) is 6.20 Å². The first-order valence-electron chi connectivity index (χ1n) is 7.33. The second kappa shape index (κ2) is 6.24. The van der Waals surface area contributed by atoms with Crippen LogP contribution in [0.4, 0.5) is 5.69 Å². The minimum atomic E-state index is -0.154. The highest BCUT2D eigenvalue weighted by molar-refractivity contribution is 6.01. The molecule has 2 atom stereocenters. The van der Waals surface area contributed by atoms with E-state index in [0.717, 1.165) is 29.6 Å². The smallest absolute Gasteiger partial charge is 0.231 e. The summed E-state index contributed by atoms with van der Waals surface area (Å²) < 4.78 is 5.46. The number of carbonyl (C=O) groups is 1. The van der Waals surface area contributed by atoms with Crippen LogP contribution in [0.2, 0.25) is 0 Å². The first-order valence-corrected chi connectivity index (χ1v) is 7.33. The molecule has 2 aromatic rings. The van der Waals surface area contributed by atoms with Crippen molar-refractivity contribution in [3.63, 3.8) is 0 Å². The molecule has 0 radical (unpaired) electrons. The molecule has 1 aromatic heterocycles. The molecule has 1 aromatic carbocycles. The van der Waals surface area contributed by atoms with Crippen molar-refractivity contribution in [2.75, 3.05) is 25.1 Å². The molecule has 3 N–H and O–H groups in total. The number of H-pyrrole nitrogens is 1. The van der Waals surface area contributed by atoms with Gasteiger partial charge in [0, 0.05) is 11.4 Å². The van der Waals surface area contributed by atoms with E-state index in [-0.39, 0.29) is 17.9 Å². The van der Waals surface area contributed by atoms with E-state index in [0.29, 0.717) is 13.2 Å². The number of hydrogen-bond acceptors (Lipinski definition) is 4. The van der Waals surface area contributed by atoms with E-state index in [9.17, 15) is 4.79 Å². The van der Waals surface area contributed by atoms with Crippen molar-refractivity contribution in [1.29, 1.82) is 0 Å². The van der Waals surface area contributed by atoms with Crippen molar-refractivity contribution in [1.82, 2.24) is 15.5 Å². The summed E-state index contributed by atoms with van der Waals surface area (Å²) >= 11 is 0. The molecule has 21 heavy (non-hydrogen) atoms. The van der Waals surface area contributed by atoms with Crippen LogP contribution < -0.4 is 10.6 Å². The van der Waals surface area contributed by atoms with Crippen LogP contribution in [0.1, 0.15) is 13.3 Å². The Balaban J connectivity index is 1.72. The SMILES string of the molecule is CCCNC1COCC1C(=O)Nc1cccc2[nH]ncc12. The van der Waals surface area contributed by atoms with Gasteiger partial charge in [-0.25, -0.2) is 0 Å². The Bertz CT molecular complexity index is 625. The van der Waals surface area contributed by atoms with Crippen molar-refractivity contribution in [2.24, 2.45) is 5.92 Å². The number of nitrogens with one attached hydrogen (secondary N) is 3. The number of aromatic nitrogens is 2. The molecule has 6 nitrogen and oxygen atoms in total. The van der Waals surface area contributed by atoms with Crippen LogP contribution in [0, 0.1) is 5.92 Å². The Hall–Kier alpha value is -1.92. The van der Waals surface area contributed by atoms with Gasteiger partial charge in [0.2, 0.25) is 5.91 Å². The number of benzene rings is 1. The molecule has 1 fully saturated rings. The van der Waals surface area contributed by atoms with Crippen LogP contribution in [0.3, 0.4) is 0 Å². The van der Waals surface area contributed by atoms with Gasteiger partial charge in [-0.1, -0.05) is 13.0 Å². The predicted octanol–water partition coefficient (Wildman–Crippen LogP) is 1.52. The number of nitrogens with zero attached hydrogens (tertiary/aromatic N) is 1. The second-order valence-electron chi connectivity index (χ2n) is 5.33. The van der Waals surface area contributed by atoms with Crippen molar-refractivity contribution >= 4 is 22.5 Å². The lowest BCUT2D eigenvalue weighted by Gasteiger charge is -2.18. The van der Waals surface area contributed by atoms with Crippen LogP contribution in [0.15, 0.2) is 24.4 Å². The van der Waals surface area contributed by atoms with Crippen LogP contribution in [-0.4, -0.2) is 41.9 Å². The molecule has 0 spiro atoms. The van der Waals surface area contributed by atoms with Gasteiger partial charge in [-0.3, -0.25) is 9.89 Å². The highest BCUT2D eigenvalue weighted by Crippen LogP contribution is 2.23. The summed E-state index contributed by atoms with van der Waals surface area (Å²) in [5.41, 5.74) is 1.70. The molecule has 0 saturated carbocycles. The molecule has 0 bridgehead atoms. The normalized spacial score (nSPS) is 21.8. The number of aromatic amines is 1. The third-order valence-corrected chi connectivity index (χ3v) is 3.82. The van der Waals surface area contributed by atoms with Crippen molar-refractivity contribution in [3.05, 3.63) is 24.4 Å². The van der Waals surface area contributed by atoms with Crippen LogP contribution >= 0.6 is 0 Å². The van der Waals surface area contributed by atoms with Gasteiger partial charge in [-0.05, 0) is 25.1 Å². The molecule has 0 aliphatic carbocycles. The first-order chi connectivity index (χ1) is 10.3. The van der Waals surface area contributed by atoms with Crippen LogP contribution in [0.25, 0.3) is 10.9 Å². The minimum absolute atomic E-state index is 0.00481. The molecule has 1 aliphatic heterocycles. The Morgan fingerprint density at radius 2 is 2.38 bits per heavy atom. The Morgan fingerprint density at radius 3 is 3.24 bits per heavy atom. The van der Waals surface area contributed by atoms with Crippen molar-refractivity contribution in [3.8, 4) is 0 Å². The monoisotopic (exact) mass is 288 g/mol. The number of anilines is 1. The molecule has 112 valence electrons. The van der Waals surface area contributed by atoms with Crippen molar-refractivity contribution in [2.45, 2.75) is 19.4 Å². The molecular weight excluding hydrogens is 268 g/mol. The van der Waals surface area contributed by atoms with Crippen LogP contribution in [-0.2, 0) is 9.53 Å². The molecule has 1 aliphatic rings. The molecule has 1 saturated heterocycles. The van der Waals surface area contributed by atoms with Gasteiger partial charge in [0.05, 0.1) is 36.5 Å². The zero-order valence-corrected chi connectivity index (χ0v) is 12.1. The summed E-state index contributed by atoms with van der Waals surface area (Å²) in [5, 5.41) is 14.2. The van der Waals surface area contributed by atoms with E-state index in [1.807, 2.05) is 18.2 Å². The summed E-state index contributed by atoms with van der Waals surface area (Å²) in [5.74, 6) is -0.159. The largest absolute Gasteiger partial charge is 0.379 e. The first kappa shape index (κ1) is 14.0. The van der Waals surface area contributed by atoms with Crippen LogP contribution in [0.5, 0.6) is 0 Å². The topological polar surface area (TPSA) is 79.0 Å². The van der Waals surface area contributed by atoms with E-state index in [1.165, 1.54) is 0 Å². The third kappa shape index (κ3) is 2.91. The Labute approximate surface area is 123 Å². The second-order valence-corrected chi connectivity index (χ2v) is 5.33. The van der Waals surface area contributed by atoms with Gasteiger partial charge in [0.15, 0.2) is 0 Å². The maximum absolute atomic E-state index is 12.5. The van der Waals surface area contributed by atoms with Gasteiger partial charge >= 0.3 is 0 Å². The third-order valence-electron chi connectivity index (χ3n) is 3.82. The molecule has 6 heteroatoms. The number of fused-ring (bicyclic) bond motifs is 1. The Morgan fingerprint density at radius 1 is 1.48 bits per heavy atom. The lowest BCUT2D eigenvalue weighted by atomic mass is 10.0. The summed E-state index contributed by atoms with van der Waals surface area (Å²) in [6, 6.07) is 5.81. The molecule has 2 heterocycles. The lowest BCUT2D eigenvalue weighted by Crippen LogP contribution is -2.41. The van der Waals surface area contributed by atoms with Gasteiger partial charge in [0.1, 0.15) is 0 Å². The summed E-state index contributed by atoms with van der Waals surface area (Å²) in [6.45, 7) is 4.06. The number of carbonyl (C=O) groups excluding carboxylic acids is 1. The quantitative estimate of drug-likeness (QED) is 0.779. The van der Waals surface area contributed by atoms with Gasteiger partial charge in [-0.15, -0.1) is 0 Å². The van der Waals surface area contributed by atoms with E-state index in [4.69, 9.17) is 4.74 Å². The minimum Gasteiger partial charge on any atom is -0.379 e. The number of hydrogen-bond donors (Lipinski definition) is 3. The van der Waals surface area contributed by atoms with Gasteiger partial charge in [-0.2, -0.15) is 5.10 Å².